The van der Waals surface area contributed by atoms with Crippen molar-refractivity contribution in [3.8, 4) is 0 Å². The molecule has 2 nitrogen and oxygen atoms in total. The number of thioether (sulfide) groups is 1. The number of hydrogen-bond acceptors (Lipinski definition) is 3. The fourth-order valence-electron chi connectivity index (χ4n) is 1.36. The van der Waals surface area contributed by atoms with Crippen LogP contribution in [0.4, 0.5) is 0 Å². The van der Waals surface area contributed by atoms with Crippen LogP contribution in [-0.2, 0) is 10.3 Å². The lowest BCUT2D eigenvalue weighted by Gasteiger charge is -2.36. The van der Waals surface area contributed by atoms with Crippen LogP contribution in [0.2, 0.25) is 0 Å². The molecular weight excluding hydrogens is 184 g/mol. The van der Waals surface area contributed by atoms with E-state index in [0.717, 1.165) is 5.56 Å². The number of aliphatic hydroxyl groups is 1. The number of benzene rings is 1. The van der Waals surface area contributed by atoms with Gasteiger partial charge in [0, 0.05) is 4.90 Å². The summed E-state index contributed by atoms with van der Waals surface area (Å²) in [4.78, 5) is 1.22. The maximum absolute atomic E-state index is 9.91. The Kier molecular flexibility index (Phi) is 2.32. The fourth-order valence-corrected chi connectivity index (χ4v) is 1.77. The van der Waals surface area contributed by atoms with Crippen molar-refractivity contribution in [1.82, 2.24) is 0 Å². The minimum Gasteiger partial charge on any atom is -0.380 e. The van der Waals surface area contributed by atoms with Crippen molar-refractivity contribution in [2.24, 2.45) is 0 Å². The quantitative estimate of drug-likeness (QED) is 0.729. The zero-order valence-electron chi connectivity index (χ0n) is 7.49. The summed E-state index contributed by atoms with van der Waals surface area (Å²) in [7, 11) is 0. The van der Waals surface area contributed by atoms with Gasteiger partial charge in [-0.3, -0.25) is 0 Å². The Hall–Kier alpha value is -0.510. The van der Waals surface area contributed by atoms with Gasteiger partial charge in [0.15, 0.2) is 0 Å². The molecule has 1 aliphatic rings. The largest absolute Gasteiger partial charge is 0.380 e. The zero-order chi connectivity index (χ0) is 9.31. The third kappa shape index (κ3) is 1.59. The maximum atomic E-state index is 9.91. The average molecular weight is 196 g/mol. The topological polar surface area (TPSA) is 29.5 Å². The van der Waals surface area contributed by atoms with E-state index >= 15 is 0 Å². The van der Waals surface area contributed by atoms with E-state index < -0.39 is 5.60 Å². The van der Waals surface area contributed by atoms with Crippen LogP contribution in [0.3, 0.4) is 0 Å². The average Bonchev–Trinajstić information content (AvgIpc) is 2.14. The second-order valence-corrected chi connectivity index (χ2v) is 4.13. The highest BCUT2D eigenvalue weighted by atomic mass is 32.2. The summed E-state index contributed by atoms with van der Waals surface area (Å²) in [6.45, 7) is 0.844. The first-order valence-corrected chi connectivity index (χ1v) is 5.42. The molecule has 1 N–H and O–H groups in total. The van der Waals surface area contributed by atoms with E-state index in [1.807, 2.05) is 30.5 Å². The van der Waals surface area contributed by atoms with Gasteiger partial charge in [-0.2, -0.15) is 0 Å². The standard InChI is InChI=1S/C10H12O2S/c1-13-9-4-2-8(3-5-9)10(11)6-12-7-10/h2-5,11H,6-7H2,1H3. The van der Waals surface area contributed by atoms with Crippen LogP contribution in [0, 0.1) is 0 Å². The van der Waals surface area contributed by atoms with Crippen molar-refractivity contribution in [2.45, 2.75) is 10.5 Å². The molecule has 0 atom stereocenters. The molecule has 0 unspecified atom stereocenters. The van der Waals surface area contributed by atoms with Crippen molar-refractivity contribution >= 4 is 11.8 Å². The van der Waals surface area contributed by atoms with E-state index in [1.165, 1.54) is 4.90 Å². The van der Waals surface area contributed by atoms with Crippen molar-refractivity contribution in [2.75, 3.05) is 19.5 Å². The Bertz CT molecular complexity index is 290. The molecule has 0 spiro atoms. The summed E-state index contributed by atoms with van der Waals surface area (Å²) < 4.78 is 4.99. The highest BCUT2D eigenvalue weighted by Gasteiger charge is 2.37. The molecule has 1 fully saturated rings. The van der Waals surface area contributed by atoms with Gasteiger partial charge >= 0.3 is 0 Å². The van der Waals surface area contributed by atoms with Crippen LogP contribution < -0.4 is 0 Å². The van der Waals surface area contributed by atoms with E-state index in [0.29, 0.717) is 13.2 Å². The van der Waals surface area contributed by atoms with Crippen molar-refractivity contribution in [1.29, 1.82) is 0 Å². The van der Waals surface area contributed by atoms with E-state index in [1.54, 1.807) is 11.8 Å². The molecule has 1 saturated heterocycles. The van der Waals surface area contributed by atoms with Crippen LogP contribution >= 0.6 is 11.8 Å². The normalized spacial score (nSPS) is 19.5. The first kappa shape index (κ1) is 9.06. The van der Waals surface area contributed by atoms with Crippen LogP contribution in [0.1, 0.15) is 5.56 Å². The number of ether oxygens (including phenoxy) is 1. The summed E-state index contributed by atoms with van der Waals surface area (Å²) in [6.07, 6.45) is 2.04. The summed E-state index contributed by atoms with van der Waals surface area (Å²) in [5, 5.41) is 9.91. The van der Waals surface area contributed by atoms with Gasteiger partial charge in [0.2, 0.25) is 0 Å². The second-order valence-electron chi connectivity index (χ2n) is 3.25. The highest BCUT2D eigenvalue weighted by Crippen LogP contribution is 2.30. The van der Waals surface area contributed by atoms with Crippen molar-refractivity contribution < 1.29 is 9.84 Å². The third-order valence-corrected chi connectivity index (χ3v) is 3.05. The molecule has 70 valence electrons. The van der Waals surface area contributed by atoms with E-state index in [9.17, 15) is 5.11 Å². The molecule has 2 rings (SSSR count). The molecule has 0 aromatic heterocycles. The predicted molar refractivity (Wildman–Crippen MR) is 52.9 cm³/mol. The smallest absolute Gasteiger partial charge is 0.136 e. The summed E-state index contributed by atoms with van der Waals surface area (Å²) in [5.41, 5.74) is 0.230. The Labute approximate surface area is 81.9 Å². The summed E-state index contributed by atoms with van der Waals surface area (Å²) in [5.74, 6) is 0. The molecule has 1 aromatic rings. The SMILES string of the molecule is CSc1ccc(C2(O)COC2)cc1. The van der Waals surface area contributed by atoms with Gasteiger partial charge < -0.3 is 9.84 Å². The van der Waals surface area contributed by atoms with Crippen LogP contribution in [0.25, 0.3) is 0 Å². The van der Waals surface area contributed by atoms with Crippen molar-refractivity contribution in [3.63, 3.8) is 0 Å². The molecular formula is C10H12O2S. The van der Waals surface area contributed by atoms with Gasteiger partial charge in [0.1, 0.15) is 5.60 Å². The minimum absolute atomic E-state index is 0.422. The third-order valence-electron chi connectivity index (χ3n) is 2.31. The molecule has 1 aliphatic heterocycles. The van der Waals surface area contributed by atoms with Gasteiger partial charge in [-0.1, -0.05) is 12.1 Å². The lowest BCUT2D eigenvalue weighted by Crippen LogP contribution is -2.46. The molecule has 3 heteroatoms. The van der Waals surface area contributed by atoms with E-state index in [-0.39, 0.29) is 0 Å². The molecule has 0 saturated carbocycles. The highest BCUT2D eigenvalue weighted by molar-refractivity contribution is 7.98. The molecule has 0 radical (unpaired) electrons. The zero-order valence-corrected chi connectivity index (χ0v) is 8.30. The lowest BCUT2D eigenvalue weighted by molar-refractivity contribution is -0.184. The predicted octanol–water partition coefficient (Wildman–Crippen LogP) is 1.63. The monoisotopic (exact) mass is 196 g/mol. The molecule has 0 aliphatic carbocycles. The first-order valence-electron chi connectivity index (χ1n) is 4.19. The van der Waals surface area contributed by atoms with E-state index in [2.05, 4.69) is 0 Å². The van der Waals surface area contributed by atoms with Crippen LogP contribution in [0.15, 0.2) is 29.2 Å². The maximum Gasteiger partial charge on any atom is 0.136 e. The fraction of sp³-hybridized carbons (Fsp3) is 0.400. The van der Waals surface area contributed by atoms with Gasteiger partial charge in [-0.05, 0) is 24.0 Å². The Balaban J connectivity index is 2.22. The van der Waals surface area contributed by atoms with Crippen LogP contribution in [0.5, 0.6) is 0 Å². The van der Waals surface area contributed by atoms with Gasteiger partial charge in [0.25, 0.3) is 0 Å². The van der Waals surface area contributed by atoms with Crippen molar-refractivity contribution in [3.05, 3.63) is 29.8 Å². The minimum atomic E-state index is -0.725. The molecule has 0 bridgehead atoms. The van der Waals surface area contributed by atoms with Gasteiger partial charge in [-0.25, -0.2) is 0 Å². The number of hydrogen-bond donors (Lipinski definition) is 1. The molecule has 1 heterocycles. The van der Waals surface area contributed by atoms with Gasteiger partial charge in [0.05, 0.1) is 13.2 Å². The molecule has 0 amide bonds. The van der Waals surface area contributed by atoms with E-state index in [4.69, 9.17) is 4.74 Å². The Morgan fingerprint density at radius 3 is 2.31 bits per heavy atom. The first-order chi connectivity index (χ1) is 6.24. The molecule has 13 heavy (non-hydrogen) atoms. The second kappa shape index (κ2) is 3.33. The summed E-state index contributed by atoms with van der Waals surface area (Å²) >= 11 is 1.70. The summed E-state index contributed by atoms with van der Waals surface area (Å²) in [6, 6.07) is 7.98. The molecule has 1 aromatic carbocycles. The van der Waals surface area contributed by atoms with Gasteiger partial charge in [-0.15, -0.1) is 11.8 Å². The Morgan fingerprint density at radius 1 is 1.31 bits per heavy atom. The van der Waals surface area contributed by atoms with Crippen LogP contribution in [-0.4, -0.2) is 24.6 Å². The Morgan fingerprint density at radius 2 is 1.92 bits per heavy atom. The lowest BCUT2D eigenvalue weighted by atomic mass is 9.92. The number of rotatable bonds is 2.